The van der Waals surface area contributed by atoms with Gasteiger partial charge in [0.15, 0.2) is 5.76 Å². The summed E-state index contributed by atoms with van der Waals surface area (Å²) >= 11 is 0. The fourth-order valence-electron chi connectivity index (χ4n) is 2.49. The molecule has 6 heteroatoms. The van der Waals surface area contributed by atoms with Crippen molar-refractivity contribution in [3.05, 3.63) is 84.5 Å². The van der Waals surface area contributed by atoms with E-state index in [2.05, 4.69) is 10.5 Å². The monoisotopic (exact) mass is 333 g/mol. The number of nitrogens with one attached hydrogen (secondary N) is 1. The van der Waals surface area contributed by atoms with Gasteiger partial charge in [0.2, 0.25) is 5.76 Å². The number of furan rings is 1. The summed E-state index contributed by atoms with van der Waals surface area (Å²) in [5.74, 6) is 0.970. The molecule has 0 aliphatic heterocycles. The van der Waals surface area contributed by atoms with Gasteiger partial charge < -0.3 is 18.8 Å². The van der Waals surface area contributed by atoms with Crippen molar-refractivity contribution in [1.82, 2.24) is 15.0 Å². The molecule has 4 aromatic rings. The molecule has 0 aliphatic carbocycles. The Bertz CT molecular complexity index is 952. The van der Waals surface area contributed by atoms with E-state index in [1.165, 1.54) is 0 Å². The molecule has 3 heterocycles. The zero-order valence-electron chi connectivity index (χ0n) is 13.3. The molecule has 1 aromatic carbocycles. The molecule has 0 spiro atoms. The standard InChI is InChI=1S/C19H15N3O3/c23-19(14-5-7-16(8-6-14)22-9-1-2-10-22)20-13-15-12-18(25-21-15)17-4-3-11-24-17/h1-12H,13H2,(H,20,23). The highest BCUT2D eigenvalue weighted by Crippen LogP contribution is 2.20. The Balaban J connectivity index is 1.39. The van der Waals surface area contributed by atoms with E-state index in [0.717, 1.165) is 5.69 Å². The molecule has 1 amide bonds. The first-order chi connectivity index (χ1) is 12.3. The molecular weight excluding hydrogens is 318 g/mol. The summed E-state index contributed by atoms with van der Waals surface area (Å²) in [5, 5.41) is 6.76. The number of rotatable bonds is 5. The predicted molar refractivity (Wildman–Crippen MR) is 91.1 cm³/mol. The van der Waals surface area contributed by atoms with Crippen LogP contribution in [-0.2, 0) is 6.54 Å². The van der Waals surface area contributed by atoms with Crippen molar-refractivity contribution < 1.29 is 13.7 Å². The highest BCUT2D eigenvalue weighted by Gasteiger charge is 2.11. The van der Waals surface area contributed by atoms with E-state index in [1.807, 2.05) is 41.2 Å². The summed E-state index contributed by atoms with van der Waals surface area (Å²) in [5.41, 5.74) is 2.22. The van der Waals surface area contributed by atoms with E-state index in [9.17, 15) is 4.79 Å². The van der Waals surface area contributed by atoms with Crippen molar-refractivity contribution >= 4 is 5.91 Å². The lowest BCUT2D eigenvalue weighted by Crippen LogP contribution is -2.22. The smallest absolute Gasteiger partial charge is 0.251 e. The summed E-state index contributed by atoms with van der Waals surface area (Å²) in [6.07, 6.45) is 5.48. The molecule has 0 bridgehead atoms. The van der Waals surface area contributed by atoms with E-state index in [-0.39, 0.29) is 12.5 Å². The molecule has 0 radical (unpaired) electrons. The lowest BCUT2D eigenvalue weighted by molar-refractivity contribution is 0.0950. The maximum absolute atomic E-state index is 12.3. The van der Waals surface area contributed by atoms with Crippen molar-refractivity contribution in [3.63, 3.8) is 0 Å². The van der Waals surface area contributed by atoms with Gasteiger partial charge in [0.05, 0.1) is 12.8 Å². The number of benzene rings is 1. The minimum Gasteiger partial charge on any atom is -0.461 e. The second-order valence-corrected chi connectivity index (χ2v) is 5.48. The molecule has 0 aliphatic rings. The molecule has 0 unspecified atom stereocenters. The minimum atomic E-state index is -0.165. The highest BCUT2D eigenvalue weighted by molar-refractivity contribution is 5.94. The third-order valence-electron chi connectivity index (χ3n) is 3.79. The molecule has 4 rings (SSSR count). The van der Waals surface area contributed by atoms with Gasteiger partial charge in [0, 0.05) is 29.7 Å². The third kappa shape index (κ3) is 3.23. The minimum absolute atomic E-state index is 0.165. The number of amides is 1. The molecule has 6 nitrogen and oxygen atoms in total. The van der Waals surface area contributed by atoms with Crippen LogP contribution < -0.4 is 5.32 Å². The lowest BCUT2D eigenvalue weighted by Gasteiger charge is -2.06. The normalized spacial score (nSPS) is 10.7. The van der Waals surface area contributed by atoms with Crippen LogP contribution in [0.2, 0.25) is 0 Å². The number of carbonyl (C=O) groups is 1. The Morgan fingerprint density at radius 1 is 1.04 bits per heavy atom. The zero-order valence-corrected chi connectivity index (χ0v) is 13.3. The largest absolute Gasteiger partial charge is 0.461 e. The van der Waals surface area contributed by atoms with Crippen molar-refractivity contribution in [1.29, 1.82) is 0 Å². The Morgan fingerprint density at radius 2 is 1.84 bits per heavy atom. The van der Waals surface area contributed by atoms with Gasteiger partial charge in [-0.1, -0.05) is 5.16 Å². The summed E-state index contributed by atoms with van der Waals surface area (Å²) in [4.78, 5) is 12.3. The second-order valence-electron chi connectivity index (χ2n) is 5.48. The average Bonchev–Trinajstić information content (AvgIpc) is 3.42. The van der Waals surface area contributed by atoms with Crippen LogP contribution >= 0.6 is 0 Å². The Kier molecular flexibility index (Phi) is 3.92. The van der Waals surface area contributed by atoms with Gasteiger partial charge >= 0.3 is 0 Å². The van der Waals surface area contributed by atoms with Crippen molar-refractivity contribution in [2.75, 3.05) is 0 Å². The van der Waals surface area contributed by atoms with Crippen LogP contribution in [-0.4, -0.2) is 15.6 Å². The Labute approximate surface area is 143 Å². The van der Waals surface area contributed by atoms with Gasteiger partial charge in [-0.25, -0.2) is 0 Å². The summed E-state index contributed by atoms with van der Waals surface area (Å²) in [6.45, 7) is 0.280. The molecule has 1 N–H and O–H groups in total. The number of carbonyl (C=O) groups excluding carboxylic acids is 1. The molecule has 0 fully saturated rings. The first-order valence-electron chi connectivity index (χ1n) is 7.81. The first-order valence-corrected chi connectivity index (χ1v) is 7.81. The van der Waals surface area contributed by atoms with Crippen molar-refractivity contribution in [2.45, 2.75) is 6.54 Å². The highest BCUT2D eigenvalue weighted by atomic mass is 16.5. The number of hydrogen-bond donors (Lipinski definition) is 1. The molecule has 124 valence electrons. The van der Waals surface area contributed by atoms with Crippen LogP contribution in [0.25, 0.3) is 17.2 Å². The topological polar surface area (TPSA) is 73.2 Å². The van der Waals surface area contributed by atoms with Crippen molar-refractivity contribution in [3.8, 4) is 17.2 Å². The van der Waals surface area contributed by atoms with Crippen LogP contribution in [0.5, 0.6) is 0 Å². The van der Waals surface area contributed by atoms with Crippen LogP contribution in [0, 0.1) is 0 Å². The molecule has 0 saturated carbocycles. The van der Waals surface area contributed by atoms with Crippen LogP contribution in [0.1, 0.15) is 16.1 Å². The van der Waals surface area contributed by atoms with Gasteiger partial charge in [-0.2, -0.15) is 0 Å². The fraction of sp³-hybridized carbons (Fsp3) is 0.0526. The number of hydrogen-bond acceptors (Lipinski definition) is 4. The fourth-order valence-corrected chi connectivity index (χ4v) is 2.49. The van der Waals surface area contributed by atoms with Gasteiger partial charge in [0.1, 0.15) is 5.69 Å². The maximum atomic E-state index is 12.3. The van der Waals surface area contributed by atoms with E-state index in [0.29, 0.717) is 22.8 Å². The molecule has 0 saturated heterocycles. The molecule has 0 atom stereocenters. The quantitative estimate of drug-likeness (QED) is 0.605. The van der Waals surface area contributed by atoms with E-state index >= 15 is 0 Å². The third-order valence-corrected chi connectivity index (χ3v) is 3.79. The van der Waals surface area contributed by atoms with Gasteiger partial charge in [-0.05, 0) is 48.5 Å². The van der Waals surface area contributed by atoms with E-state index < -0.39 is 0 Å². The SMILES string of the molecule is O=C(NCc1cc(-c2ccco2)on1)c1ccc(-n2cccc2)cc1. The molecule has 3 aromatic heterocycles. The Hall–Kier alpha value is -3.54. The summed E-state index contributed by atoms with van der Waals surface area (Å²) in [7, 11) is 0. The summed E-state index contributed by atoms with van der Waals surface area (Å²) in [6, 6.07) is 16.6. The second kappa shape index (κ2) is 6.52. The summed E-state index contributed by atoms with van der Waals surface area (Å²) < 4.78 is 12.4. The van der Waals surface area contributed by atoms with Crippen LogP contribution in [0.4, 0.5) is 0 Å². The van der Waals surface area contributed by atoms with Crippen LogP contribution in [0.15, 0.2) is 82.2 Å². The molecule has 25 heavy (non-hydrogen) atoms. The first kappa shape index (κ1) is 15.0. The zero-order chi connectivity index (χ0) is 17.1. The van der Waals surface area contributed by atoms with Gasteiger partial charge in [-0.3, -0.25) is 4.79 Å². The Morgan fingerprint density at radius 3 is 2.56 bits per heavy atom. The number of aromatic nitrogens is 2. The lowest BCUT2D eigenvalue weighted by atomic mass is 10.2. The van der Waals surface area contributed by atoms with Crippen molar-refractivity contribution in [2.24, 2.45) is 0 Å². The number of nitrogens with zero attached hydrogens (tertiary/aromatic N) is 2. The maximum Gasteiger partial charge on any atom is 0.251 e. The average molecular weight is 333 g/mol. The molecular formula is C19H15N3O3. The van der Waals surface area contributed by atoms with Gasteiger partial charge in [0.25, 0.3) is 5.91 Å². The van der Waals surface area contributed by atoms with Gasteiger partial charge in [-0.15, -0.1) is 0 Å². The predicted octanol–water partition coefficient (Wildman–Crippen LogP) is 3.66. The van der Waals surface area contributed by atoms with Crippen LogP contribution in [0.3, 0.4) is 0 Å². The van der Waals surface area contributed by atoms with E-state index in [1.54, 1.807) is 36.6 Å². The van der Waals surface area contributed by atoms with E-state index in [4.69, 9.17) is 8.94 Å².